The van der Waals surface area contributed by atoms with E-state index < -0.39 is 8.07 Å². The molecular weight excluding hydrogens is 420 g/mol. The second-order valence-electron chi connectivity index (χ2n) is 9.74. The highest BCUT2D eigenvalue weighted by atomic mass is 28.3. The highest BCUT2D eigenvalue weighted by Crippen LogP contribution is 2.41. The minimum absolute atomic E-state index is 0.637. The summed E-state index contributed by atoms with van der Waals surface area (Å²) >= 11 is 0. The second-order valence-corrected chi connectivity index (χ2v) is 14.8. The van der Waals surface area contributed by atoms with E-state index in [2.05, 4.69) is 79.7 Å². The maximum absolute atomic E-state index is 9.89. The highest BCUT2D eigenvalue weighted by Gasteiger charge is 2.23. The predicted octanol–water partition coefficient (Wildman–Crippen LogP) is 6.47. The van der Waals surface area contributed by atoms with E-state index in [-0.39, 0.29) is 0 Å². The molecule has 0 radical (unpaired) electrons. The molecule has 5 aromatic rings. The minimum atomic E-state index is -1.38. The molecule has 162 valence electrons. The molecule has 0 unspecified atom stereocenters. The van der Waals surface area contributed by atoms with Gasteiger partial charge in [0.25, 0.3) is 0 Å². The fourth-order valence-electron chi connectivity index (χ4n) is 4.61. The van der Waals surface area contributed by atoms with Crippen LogP contribution in [0, 0.1) is 18.3 Å². The maximum Gasteiger partial charge on any atom is 0.216 e. The Labute approximate surface area is 195 Å². The van der Waals surface area contributed by atoms with Crippen LogP contribution in [-0.2, 0) is 7.05 Å². The predicted molar refractivity (Wildman–Crippen MR) is 138 cm³/mol. The van der Waals surface area contributed by atoms with Gasteiger partial charge in [-0.05, 0) is 36.2 Å². The van der Waals surface area contributed by atoms with Gasteiger partial charge in [0.2, 0.25) is 5.69 Å². The standard InChI is InChI=1S/C29H27N2OSi/c1-19-9-15-24-27-21(18-30)12-16-23(20-10-13-22(14-11-20)33(3,4)5)28(27)32-29(24)26(19)25-8-6-7-17-31(25)2/h6-17H,1-5H3/q+1. The smallest absolute Gasteiger partial charge is 0.216 e. The summed E-state index contributed by atoms with van der Waals surface area (Å²) in [7, 11) is 0.667. The molecule has 0 saturated carbocycles. The van der Waals surface area contributed by atoms with Gasteiger partial charge in [-0.2, -0.15) is 5.26 Å². The molecule has 0 aliphatic carbocycles. The molecule has 5 rings (SSSR count). The molecule has 33 heavy (non-hydrogen) atoms. The van der Waals surface area contributed by atoms with E-state index in [1.165, 1.54) is 5.19 Å². The lowest BCUT2D eigenvalue weighted by Gasteiger charge is -2.16. The number of aryl methyl sites for hydroxylation is 2. The summed E-state index contributed by atoms with van der Waals surface area (Å²) in [6.45, 7) is 9.17. The maximum atomic E-state index is 9.89. The van der Waals surface area contributed by atoms with Crippen LogP contribution >= 0.6 is 0 Å². The largest absolute Gasteiger partial charge is 0.454 e. The summed E-state index contributed by atoms with van der Waals surface area (Å²) in [5.74, 6) is 0. The van der Waals surface area contributed by atoms with Crippen molar-refractivity contribution in [3.63, 3.8) is 0 Å². The Kier molecular flexibility index (Phi) is 4.95. The number of nitrogens with zero attached hydrogens (tertiary/aromatic N) is 2. The summed E-state index contributed by atoms with van der Waals surface area (Å²) in [6, 6.07) is 25.6. The van der Waals surface area contributed by atoms with Crippen LogP contribution in [0.15, 0.2) is 77.3 Å². The van der Waals surface area contributed by atoms with Crippen LogP contribution in [0.25, 0.3) is 44.3 Å². The molecule has 2 aromatic heterocycles. The number of hydrogen-bond donors (Lipinski definition) is 0. The molecule has 0 amide bonds. The van der Waals surface area contributed by atoms with Gasteiger partial charge in [0, 0.05) is 28.5 Å². The lowest BCUT2D eigenvalue weighted by Crippen LogP contribution is -2.37. The molecule has 2 heterocycles. The van der Waals surface area contributed by atoms with Gasteiger partial charge in [-0.15, -0.1) is 0 Å². The van der Waals surface area contributed by atoms with Crippen LogP contribution in [0.4, 0.5) is 0 Å². The van der Waals surface area contributed by atoms with Crippen LogP contribution in [0.1, 0.15) is 11.1 Å². The van der Waals surface area contributed by atoms with Gasteiger partial charge in [-0.3, -0.25) is 0 Å². The molecule has 4 heteroatoms. The molecule has 3 aromatic carbocycles. The van der Waals surface area contributed by atoms with Gasteiger partial charge < -0.3 is 4.42 Å². The lowest BCUT2D eigenvalue weighted by molar-refractivity contribution is -0.660. The Morgan fingerprint density at radius 2 is 1.64 bits per heavy atom. The molecule has 3 nitrogen and oxygen atoms in total. The van der Waals surface area contributed by atoms with Gasteiger partial charge >= 0.3 is 0 Å². The topological polar surface area (TPSA) is 40.8 Å². The first-order valence-corrected chi connectivity index (χ1v) is 14.7. The van der Waals surface area contributed by atoms with Crippen molar-refractivity contribution in [1.82, 2.24) is 0 Å². The summed E-state index contributed by atoms with van der Waals surface area (Å²) in [5, 5.41) is 13.2. The van der Waals surface area contributed by atoms with Gasteiger partial charge in [0.15, 0.2) is 6.20 Å². The first-order valence-electron chi connectivity index (χ1n) is 11.2. The molecule has 0 N–H and O–H groups in total. The van der Waals surface area contributed by atoms with Gasteiger partial charge in [0.05, 0.1) is 25.3 Å². The Morgan fingerprint density at radius 3 is 2.30 bits per heavy atom. The van der Waals surface area contributed by atoms with Crippen LogP contribution in [0.3, 0.4) is 0 Å². The molecule has 0 saturated heterocycles. The number of furan rings is 1. The highest BCUT2D eigenvalue weighted by molar-refractivity contribution is 6.88. The molecule has 0 bridgehead atoms. The average molecular weight is 448 g/mol. The average Bonchev–Trinajstić information content (AvgIpc) is 3.18. The number of hydrogen-bond acceptors (Lipinski definition) is 2. The molecule has 0 aliphatic rings. The van der Waals surface area contributed by atoms with Crippen molar-refractivity contribution in [2.24, 2.45) is 7.05 Å². The third-order valence-corrected chi connectivity index (χ3v) is 8.56. The van der Waals surface area contributed by atoms with E-state index in [0.717, 1.165) is 49.9 Å². The molecular formula is C29H27N2OSi+. The molecule has 0 atom stereocenters. The van der Waals surface area contributed by atoms with Gasteiger partial charge in [0.1, 0.15) is 18.2 Å². The first kappa shape index (κ1) is 21.2. The number of benzene rings is 3. The van der Waals surface area contributed by atoms with Crippen LogP contribution in [0.2, 0.25) is 19.6 Å². The van der Waals surface area contributed by atoms with Crippen molar-refractivity contribution in [2.45, 2.75) is 26.6 Å². The van der Waals surface area contributed by atoms with E-state index >= 15 is 0 Å². The van der Waals surface area contributed by atoms with Crippen molar-refractivity contribution in [3.8, 4) is 28.5 Å². The normalized spacial score (nSPS) is 11.8. The lowest BCUT2D eigenvalue weighted by atomic mass is 9.96. The molecule has 0 fully saturated rings. The van der Waals surface area contributed by atoms with Crippen molar-refractivity contribution >= 4 is 35.2 Å². The zero-order valence-corrected chi connectivity index (χ0v) is 20.7. The Morgan fingerprint density at radius 1 is 0.879 bits per heavy atom. The Balaban J connectivity index is 1.84. The summed E-state index contributed by atoms with van der Waals surface area (Å²) in [4.78, 5) is 0. The number of nitriles is 1. The fourth-order valence-corrected chi connectivity index (χ4v) is 5.78. The SMILES string of the molecule is Cc1ccc2c(oc3c(-c4ccc([Si](C)(C)C)cc4)ccc(C#N)c32)c1-c1cccc[n+]1C. The summed E-state index contributed by atoms with van der Waals surface area (Å²) < 4.78 is 8.75. The third kappa shape index (κ3) is 3.46. The van der Waals surface area contributed by atoms with Crippen LogP contribution in [0.5, 0.6) is 0 Å². The van der Waals surface area contributed by atoms with Crippen LogP contribution in [-0.4, -0.2) is 8.07 Å². The van der Waals surface area contributed by atoms with E-state index in [1.807, 2.05) is 37.5 Å². The number of pyridine rings is 1. The number of fused-ring (bicyclic) bond motifs is 3. The summed E-state index contributed by atoms with van der Waals surface area (Å²) in [5.41, 5.74) is 7.65. The molecule has 0 spiro atoms. The fraction of sp³-hybridized carbons (Fsp3) is 0.172. The minimum Gasteiger partial charge on any atom is -0.454 e. The van der Waals surface area contributed by atoms with Crippen molar-refractivity contribution in [1.29, 1.82) is 5.26 Å². The van der Waals surface area contributed by atoms with Gasteiger partial charge in [-0.1, -0.05) is 61.2 Å². The van der Waals surface area contributed by atoms with E-state index in [1.54, 1.807) is 0 Å². The van der Waals surface area contributed by atoms with E-state index in [0.29, 0.717) is 5.56 Å². The Bertz CT molecular complexity index is 1560. The zero-order valence-electron chi connectivity index (χ0n) is 19.7. The van der Waals surface area contributed by atoms with Crippen molar-refractivity contribution in [2.75, 3.05) is 0 Å². The van der Waals surface area contributed by atoms with Crippen molar-refractivity contribution in [3.05, 3.63) is 84.1 Å². The summed E-state index contributed by atoms with van der Waals surface area (Å²) in [6.07, 6.45) is 2.04. The van der Waals surface area contributed by atoms with Crippen molar-refractivity contribution < 1.29 is 8.98 Å². The number of aromatic nitrogens is 1. The zero-order chi connectivity index (χ0) is 23.3. The van der Waals surface area contributed by atoms with E-state index in [9.17, 15) is 5.26 Å². The second kappa shape index (κ2) is 7.72. The Hall–Kier alpha value is -3.68. The number of rotatable bonds is 3. The third-order valence-electron chi connectivity index (χ3n) is 6.49. The van der Waals surface area contributed by atoms with Gasteiger partial charge in [-0.25, -0.2) is 4.57 Å². The van der Waals surface area contributed by atoms with E-state index in [4.69, 9.17) is 4.42 Å². The quantitative estimate of drug-likeness (QED) is 0.235. The van der Waals surface area contributed by atoms with Crippen LogP contribution < -0.4 is 9.75 Å². The monoisotopic (exact) mass is 447 g/mol. The first-order chi connectivity index (χ1) is 15.8. The molecule has 0 aliphatic heterocycles.